The molecule has 2 rings (SSSR count). The normalized spacial score (nSPS) is 10.4. The quantitative estimate of drug-likeness (QED) is 0.877. The van der Waals surface area contributed by atoms with Gasteiger partial charge in [0, 0.05) is 12.3 Å². The molecule has 0 radical (unpaired) electrons. The standard InChI is InChI=1S/C12H12F2N4/c1-7-3-2-4-16-10(7)6-17-12-9(14)5-8(13)11(15)18-12/h2-5H,6H2,1H3,(H3,15,17,18). The highest BCUT2D eigenvalue weighted by molar-refractivity contribution is 5.45. The molecule has 3 N–H and O–H groups in total. The maximum absolute atomic E-state index is 13.4. The van der Waals surface area contributed by atoms with Crippen molar-refractivity contribution < 1.29 is 8.78 Å². The van der Waals surface area contributed by atoms with Crippen LogP contribution in [-0.2, 0) is 6.54 Å². The Hall–Kier alpha value is -2.24. The second kappa shape index (κ2) is 4.95. The van der Waals surface area contributed by atoms with Gasteiger partial charge in [-0.2, -0.15) is 0 Å². The fourth-order valence-corrected chi connectivity index (χ4v) is 1.48. The maximum Gasteiger partial charge on any atom is 0.168 e. The lowest BCUT2D eigenvalue weighted by molar-refractivity contribution is 0.579. The lowest BCUT2D eigenvalue weighted by Gasteiger charge is -2.09. The number of pyridine rings is 2. The summed E-state index contributed by atoms with van der Waals surface area (Å²) in [4.78, 5) is 7.75. The average molecular weight is 250 g/mol. The Morgan fingerprint density at radius 2 is 2.11 bits per heavy atom. The van der Waals surface area contributed by atoms with Crippen LogP contribution in [0.25, 0.3) is 0 Å². The van der Waals surface area contributed by atoms with Gasteiger partial charge in [-0.05, 0) is 18.6 Å². The molecule has 2 aromatic heterocycles. The molecule has 0 aliphatic heterocycles. The third-order valence-electron chi connectivity index (χ3n) is 2.50. The highest BCUT2D eigenvalue weighted by Crippen LogP contribution is 2.17. The molecule has 0 atom stereocenters. The minimum atomic E-state index is -0.868. The van der Waals surface area contributed by atoms with E-state index in [2.05, 4.69) is 15.3 Å². The molecule has 0 amide bonds. The summed E-state index contributed by atoms with van der Waals surface area (Å²) < 4.78 is 26.3. The molecule has 94 valence electrons. The van der Waals surface area contributed by atoms with E-state index in [9.17, 15) is 8.78 Å². The van der Waals surface area contributed by atoms with E-state index >= 15 is 0 Å². The van der Waals surface area contributed by atoms with Crippen molar-refractivity contribution >= 4 is 11.6 Å². The number of hydrogen-bond donors (Lipinski definition) is 2. The van der Waals surface area contributed by atoms with Crippen LogP contribution in [0.15, 0.2) is 24.4 Å². The molecule has 2 heterocycles. The van der Waals surface area contributed by atoms with Gasteiger partial charge in [-0.3, -0.25) is 4.98 Å². The second-order valence-corrected chi connectivity index (χ2v) is 3.81. The van der Waals surface area contributed by atoms with E-state index in [-0.39, 0.29) is 11.6 Å². The number of nitrogen functional groups attached to an aromatic ring is 1. The number of aryl methyl sites for hydroxylation is 1. The maximum atomic E-state index is 13.4. The van der Waals surface area contributed by atoms with E-state index in [1.165, 1.54) is 0 Å². The first-order valence-electron chi connectivity index (χ1n) is 5.34. The van der Waals surface area contributed by atoms with Crippen molar-refractivity contribution in [3.05, 3.63) is 47.3 Å². The monoisotopic (exact) mass is 250 g/mol. The van der Waals surface area contributed by atoms with Gasteiger partial charge in [-0.25, -0.2) is 13.8 Å². The van der Waals surface area contributed by atoms with E-state index in [0.717, 1.165) is 11.3 Å². The Labute approximate surface area is 103 Å². The fraction of sp³-hybridized carbons (Fsp3) is 0.167. The molecule has 0 aliphatic carbocycles. The van der Waals surface area contributed by atoms with Gasteiger partial charge in [0.1, 0.15) is 0 Å². The summed E-state index contributed by atoms with van der Waals surface area (Å²) in [5.74, 6) is -2.07. The third kappa shape index (κ3) is 2.53. The van der Waals surface area contributed by atoms with E-state index in [0.29, 0.717) is 12.6 Å². The predicted octanol–water partition coefficient (Wildman–Crippen LogP) is 2.26. The fourth-order valence-electron chi connectivity index (χ4n) is 1.48. The van der Waals surface area contributed by atoms with Gasteiger partial charge >= 0.3 is 0 Å². The first-order valence-corrected chi connectivity index (χ1v) is 5.34. The van der Waals surface area contributed by atoms with Crippen LogP contribution < -0.4 is 11.1 Å². The first-order chi connectivity index (χ1) is 8.58. The Balaban J connectivity index is 2.16. The summed E-state index contributed by atoms with van der Waals surface area (Å²) in [6.07, 6.45) is 1.65. The van der Waals surface area contributed by atoms with Crippen LogP contribution in [0.3, 0.4) is 0 Å². The summed E-state index contributed by atoms with van der Waals surface area (Å²) in [7, 11) is 0. The zero-order valence-corrected chi connectivity index (χ0v) is 9.74. The van der Waals surface area contributed by atoms with Crippen LogP contribution >= 0.6 is 0 Å². The van der Waals surface area contributed by atoms with Crippen LogP contribution in [0.4, 0.5) is 20.4 Å². The lowest BCUT2D eigenvalue weighted by Crippen LogP contribution is -2.08. The SMILES string of the molecule is Cc1cccnc1CNc1nc(N)c(F)cc1F. The molecule has 2 aromatic rings. The number of aromatic nitrogens is 2. The van der Waals surface area contributed by atoms with E-state index in [1.54, 1.807) is 6.20 Å². The number of nitrogens with zero attached hydrogens (tertiary/aromatic N) is 2. The largest absolute Gasteiger partial charge is 0.381 e. The highest BCUT2D eigenvalue weighted by Gasteiger charge is 2.09. The molecular formula is C12H12F2N4. The molecular weight excluding hydrogens is 238 g/mol. The van der Waals surface area contributed by atoms with Gasteiger partial charge in [-0.15, -0.1) is 0 Å². The van der Waals surface area contributed by atoms with Crippen LogP contribution in [0.5, 0.6) is 0 Å². The third-order valence-corrected chi connectivity index (χ3v) is 2.50. The van der Waals surface area contributed by atoms with E-state index in [1.807, 2.05) is 19.1 Å². The first kappa shape index (κ1) is 12.2. The number of hydrogen-bond acceptors (Lipinski definition) is 4. The summed E-state index contributed by atoms with van der Waals surface area (Å²) >= 11 is 0. The number of halogens is 2. The molecule has 0 saturated heterocycles. The van der Waals surface area contributed by atoms with Gasteiger partial charge in [0.05, 0.1) is 12.2 Å². The second-order valence-electron chi connectivity index (χ2n) is 3.81. The lowest BCUT2D eigenvalue weighted by atomic mass is 10.2. The number of rotatable bonds is 3. The van der Waals surface area contributed by atoms with E-state index in [4.69, 9.17) is 5.73 Å². The van der Waals surface area contributed by atoms with Crippen molar-refractivity contribution in [1.82, 2.24) is 9.97 Å². The number of anilines is 2. The van der Waals surface area contributed by atoms with Crippen molar-refractivity contribution in [3.8, 4) is 0 Å². The zero-order chi connectivity index (χ0) is 13.1. The number of nitrogens with two attached hydrogens (primary N) is 1. The Morgan fingerprint density at radius 1 is 1.33 bits per heavy atom. The topological polar surface area (TPSA) is 63.8 Å². The van der Waals surface area contributed by atoms with Crippen molar-refractivity contribution in [2.24, 2.45) is 0 Å². The molecule has 0 saturated carbocycles. The Morgan fingerprint density at radius 3 is 2.83 bits per heavy atom. The molecule has 0 fully saturated rings. The van der Waals surface area contributed by atoms with Gasteiger partial charge < -0.3 is 11.1 Å². The average Bonchev–Trinajstić information content (AvgIpc) is 2.34. The Kier molecular flexibility index (Phi) is 3.36. The van der Waals surface area contributed by atoms with E-state index < -0.39 is 11.6 Å². The van der Waals surface area contributed by atoms with Crippen molar-refractivity contribution in [3.63, 3.8) is 0 Å². The van der Waals surface area contributed by atoms with Crippen LogP contribution in [-0.4, -0.2) is 9.97 Å². The van der Waals surface area contributed by atoms with Crippen LogP contribution in [0.2, 0.25) is 0 Å². The van der Waals surface area contributed by atoms with Crippen LogP contribution in [0.1, 0.15) is 11.3 Å². The predicted molar refractivity (Wildman–Crippen MR) is 64.9 cm³/mol. The van der Waals surface area contributed by atoms with Gasteiger partial charge in [0.25, 0.3) is 0 Å². The van der Waals surface area contributed by atoms with Crippen molar-refractivity contribution in [1.29, 1.82) is 0 Å². The molecule has 0 aromatic carbocycles. The summed E-state index contributed by atoms with van der Waals surface area (Å²) in [6, 6.07) is 4.41. The van der Waals surface area contributed by atoms with Gasteiger partial charge in [0.2, 0.25) is 0 Å². The van der Waals surface area contributed by atoms with Crippen molar-refractivity contribution in [2.45, 2.75) is 13.5 Å². The summed E-state index contributed by atoms with van der Waals surface area (Å²) in [6.45, 7) is 2.19. The highest BCUT2D eigenvalue weighted by atomic mass is 19.1. The Bertz CT molecular complexity index is 572. The molecule has 0 bridgehead atoms. The molecule has 6 heteroatoms. The van der Waals surface area contributed by atoms with Gasteiger partial charge in [-0.1, -0.05) is 6.07 Å². The summed E-state index contributed by atoms with van der Waals surface area (Å²) in [5, 5.41) is 2.74. The molecule has 18 heavy (non-hydrogen) atoms. The smallest absolute Gasteiger partial charge is 0.168 e. The van der Waals surface area contributed by atoms with Crippen molar-refractivity contribution in [2.75, 3.05) is 11.1 Å². The minimum absolute atomic E-state index is 0.0843. The molecule has 0 aliphatic rings. The van der Waals surface area contributed by atoms with Gasteiger partial charge in [0.15, 0.2) is 23.3 Å². The number of nitrogens with one attached hydrogen (secondary N) is 1. The van der Waals surface area contributed by atoms with Crippen LogP contribution in [0, 0.1) is 18.6 Å². The zero-order valence-electron chi connectivity index (χ0n) is 9.74. The molecule has 0 unspecified atom stereocenters. The molecule has 0 spiro atoms. The minimum Gasteiger partial charge on any atom is -0.381 e. The summed E-state index contributed by atoms with van der Waals surface area (Å²) in [5.41, 5.74) is 7.02. The molecule has 4 nitrogen and oxygen atoms in total.